The van der Waals surface area contributed by atoms with E-state index < -0.39 is 0 Å². The minimum absolute atomic E-state index is 0.323. The number of alkyl halides is 1. The first-order chi connectivity index (χ1) is 9.51. The molecule has 0 saturated carbocycles. The topological polar surface area (TPSA) is 17.8 Å². The van der Waals surface area contributed by atoms with E-state index in [1.54, 1.807) is 0 Å². The van der Waals surface area contributed by atoms with Crippen LogP contribution in [0, 0.1) is 20.8 Å². The van der Waals surface area contributed by atoms with Crippen LogP contribution >= 0.6 is 0 Å². The Bertz CT molecular complexity index is 619. The Morgan fingerprint density at radius 3 is 2.45 bits per heavy atom. The molecule has 0 spiro atoms. The van der Waals surface area contributed by atoms with Gasteiger partial charge in [-0.2, -0.15) is 0 Å². The standard InChI is InChI=1S/C17H21FN2/c1-12(7-8-18)9-16-10-13(2)11-17(19-16)20-14(3)5-6-15(20)4/h5-6,9-11H,7-8H2,1-4H3/b12-9+. The van der Waals surface area contributed by atoms with Crippen molar-refractivity contribution in [3.63, 3.8) is 0 Å². The highest BCUT2D eigenvalue weighted by Gasteiger charge is 2.07. The van der Waals surface area contributed by atoms with Crippen molar-refractivity contribution >= 4 is 6.08 Å². The summed E-state index contributed by atoms with van der Waals surface area (Å²) in [6.07, 6.45) is 2.43. The molecule has 0 bridgehead atoms. The summed E-state index contributed by atoms with van der Waals surface area (Å²) >= 11 is 0. The van der Waals surface area contributed by atoms with Gasteiger partial charge >= 0.3 is 0 Å². The number of aryl methyl sites for hydroxylation is 3. The molecule has 0 saturated heterocycles. The smallest absolute Gasteiger partial charge is 0.137 e. The van der Waals surface area contributed by atoms with E-state index in [9.17, 15) is 4.39 Å². The number of aromatic nitrogens is 2. The van der Waals surface area contributed by atoms with Crippen molar-refractivity contribution in [2.24, 2.45) is 0 Å². The van der Waals surface area contributed by atoms with Crippen LogP contribution in [0.2, 0.25) is 0 Å². The van der Waals surface area contributed by atoms with E-state index in [1.165, 1.54) is 0 Å². The highest BCUT2D eigenvalue weighted by Crippen LogP contribution is 2.18. The second-order valence-corrected chi connectivity index (χ2v) is 5.31. The minimum atomic E-state index is -0.323. The maximum atomic E-state index is 12.4. The van der Waals surface area contributed by atoms with Gasteiger partial charge in [0.25, 0.3) is 0 Å². The van der Waals surface area contributed by atoms with E-state index in [2.05, 4.69) is 48.5 Å². The summed E-state index contributed by atoms with van der Waals surface area (Å²) in [5.41, 5.74) is 5.38. The molecule has 2 aromatic rings. The lowest BCUT2D eigenvalue weighted by atomic mass is 10.1. The molecule has 3 heteroatoms. The zero-order chi connectivity index (χ0) is 14.7. The Balaban J connectivity index is 2.47. The van der Waals surface area contributed by atoms with Gasteiger partial charge in [-0.05, 0) is 70.0 Å². The van der Waals surface area contributed by atoms with Crippen LogP contribution in [-0.2, 0) is 0 Å². The molecule has 0 atom stereocenters. The van der Waals surface area contributed by atoms with Crippen LogP contribution in [0.5, 0.6) is 0 Å². The molecule has 2 aromatic heterocycles. The van der Waals surface area contributed by atoms with Gasteiger partial charge in [0, 0.05) is 11.4 Å². The Hall–Kier alpha value is -1.90. The largest absolute Gasteiger partial charge is 0.303 e. The Kier molecular flexibility index (Phi) is 4.38. The molecule has 20 heavy (non-hydrogen) atoms. The van der Waals surface area contributed by atoms with Gasteiger partial charge in [-0.15, -0.1) is 0 Å². The first kappa shape index (κ1) is 14.5. The quantitative estimate of drug-likeness (QED) is 0.797. The second kappa shape index (κ2) is 6.04. The first-order valence-electron chi connectivity index (χ1n) is 6.88. The third-order valence-corrected chi connectivity index (χ3v) is 3.36. The molecular formula is C17H21FN2. The summed E-state index contributed by atoms with van der Waals surface area (Å²) in [6.45, 7) is 7.81. The molecule has 0 aromatic carbocycles. The molecule has 2 heterocycles. The fourth-order valence-electron chi connectivity index (χ4n) is 2.37. The average molecular weight is 272 g/mol. The predicted octanol–water partition coefficient (Wildman–Crippen LogP) is 4.56. The molecule has 0 radical (unpaired) electrons. The van der Waals surface area contributed by atoms with E-state index >= 15 is 0 Å². The van der Waals surface area contributed by atoms with E-state index in [0.717, 1.165) is 34.0 Å². The van der Waals surface area contributed by atoms with E-state index in [4.69, 9.17) is 0 Å². The van der Waals surface area contributed by atoms with Crippen LogP contribution < -0.4 is 0 Å². The highest BCUT2D eigenvalue weighted by atomic mass is 19.1. The molecule has 106 valence electrons. The van der Waals surface area contributed by atoms with Gasteiger partial charge in [0.05, 0.1) is 12.4 Å². The van der Waals surface area contributed by atoms with E-state index in [1.807, 2.05) is 19.1 Å². The molecule has 0 unspecified atom stereocenters. The van der Waals surface area contributed by atoms with Crippen molar-refractivity contribution in [1.29, 1.82) is 0 Å². The monoisotopic (exact) mass is 272 g/mol. The van der Waals surface area contributed by atoms with Crippen molar-refractivity contribution in [3.05, 3.63) is 52.5 Å². The number of halogens is 1. The van der Waals surface area contributed by atoms with E-state index in [-0.39, 0.29) is 6.67 Å². The second-order valence-electron chi connectivity index (χ2n) is 5.31. The summed E-state index contributed by atoms with van der Waals surface area (Å²) < 4.78 is 14.5. The first-order valence-corrected chi connectivity index (χ1v) is 6.88. The van der Waals surface area contributed by atoms with Crippen molar-refractivity contribution in [2.45, 2.75) is 34.1 Å². The van der Waals surface area contributed by atoms with Gasteiger partial charge in [-0.25, -0.2) is 4.98 Å². The van der Waals surface area contributed by atoms with Crippen LogP contribution in [0.4, 0.5) is 4.39 Å². The van der Waals surface area contributed by atoms with Gasteiger partial charge < -0.3 is 4.57 Å². The summed E-state index contributed by atoms with van der Waals surface area (Å²) in [4.78, 5) is 4.68. The van der Waals surface area contributed by atoms with Crippen LogP contribution in [0.15, 0.2) is 29.8 Å². The van der Waals surface area contributed by atoms with Crippen LogP contribution in [0.3, 0.4) is 0 Å². The van der Waals surface area contributed by atoms with Gasteiger partial charge in [0.1, 0.15) is 5.82 Å². The normalized spacial score (nSPS) is 11.9. The van der Waals surface area contributed by atoms with Crippen molar-refractivity contribution in [1.82, 2.24) is 9.55 Å². The fourth-order valence-corrected chi connectivity index (χ4v) is 2.37. The predicted molar refractivity (Wildman–Crippen MR) is 82.0 cm³/mol. The van der Waals surface area contributed by atoms with Gasteiger partial charge in [0.15, 0.2) is 0 Å². The molecule has 0 N–H and O–H groups in total. The minimum Gasteiger partial charge on any atom is -0.303 e. The molecule has 0 aliphatic carbocycles. The van der Waals surface area contributed by atoms with Gasteiger partial charge in [0.2, 0.25) is 0 Å². The lowest BCUT2D eigenvalue weighted by Gasteiger charge is -2.10. The summed E-state index contributed by atoms with van der Waals surface area (Å²) in [5.74, 6) is 0.921. The third kappa shape index (κ3) is 3.16. The molecular weight excluding hydrogens is 251 g/mol. The molecule has 0 aliphatic rings. The van der Waals surface area contributed by atoms with Crippen LogP contribution in [-0.4, -0.2) is 16.2 Å². The number of hydrogen-bond donors (Lipinski definition) is 0. The van der Waals surface area contributed by atoms with Crippen molar-refractivity contribution in [2.75, 3.05) is 6.67 Å². The van der Waals surface area contributed by atoms with Crippen molar-refractivity contribution in [3.8, 4) is 5.82 Å². The Labute approximate surface area is 120 Å². The summed E-state index contributed by atoms with van der Waals surface area (Å²) in [5, 5.41) is 0. The van der Waals surface area contributed by atoms with Crippen molar-refractivity contribution < 1.29 is 4.39 Å². The fraction of sp³-hybridized carbons (Fsp3) is 0.353. The zero-order valence-corrected chi connectivity index (χ0v) is 12.6. The van der Waals surface area contributed by atoms with Gasteiger partial charge in [-0.1, -0.05) is 5.57 Å². The van der Waals surface area contributed by atoms with E-state index in [0.29, 0.717) is 6.42 Å². The van der Waals surface area contributed by atoms with Crippen LogP contribution in [0.25, 0.3) is 11.9 Å². The number of nitrogens with zero attached hydrogens (tertiary/aromatic N) is 2. The number of pyridine rings is 1. The SMILES string of the molecule is C/C(=C\c1cc(C)cc(-n2c(C)ccc2C)n1)CCF. The average Bonchev–Trinajstić information content (AvgIpc) is 2.68. The lowest BCUT2D eigenvalue weighted by molar-refractivity contribution is 0.495. The molecule has 0 fully saturated rings. The number of allylic oxidation sites excluding steroid dienone is 1. The van der Waals surface area contributed by atoms with Gasteiger partial charge in [-0.3, -0.25) is 4.39 Å². The molecule has 0 aliphatic heterocycles. The molecule has 2 rings (SSSR count). The highest BCUT2D eigenvalue weighted by molar-refractivity contribution is 5.51. The number of rotatable bonds is 4. The van der Waals surface area contributed by atoms with Crippen LogP contribution in [0.1, 0.15) is 36.0 Å². The maximum Gasteiger partial charge on any atom is 0.137 e. The summed E-state index contributed by atoms with van der Waals surface area (Å²) in [7, 11) is 0. The zero-order valence-electron chi connectivity index (χ0n) is 12.6. The number of hydrogen-bond acceptors (Lipinski definition) is 1. The summed E-state index contributed by atoms with van der Waals surface area (Å²) in [6, 6.07) is 8.27. The Morgan fingerprint density at radius 1 is 1.20 bits per heavy atom. The molecule has 2 nitrogen and oxygen atoms in total. The Morgan fingerprint density at radius 2 is 1.85 bits per heavy atom. The lowest BCUT2D eigenvalue weighted by Crippen LogP contribution is -2.03. The maximum absolute atomic E-state index is 12.4. The molecule has 0 amide bonds. The third-order valence-electron chi connectivity index (χ3n) is 3.36.